The number of nitriles is 1. The van der Waals surface area contributed by atoms with Crippen LogP contribution in [-0.2, 0) is 22.3 Å². The highest BCUT2D eigenvalue weighted by Crippen LogP contribution is 2.32. The van der Waals surface area contributed by atoms with Crippen LogP contribution < -0.4 is 0 Å². The summed E-state index contributed by atoms with van der Waals surface area (Å²) in [4.78, 5) is 11.0. The quantitative estimate of drug-likeness (QED) is 0.836. The van der Waals surface area contributed by atoms with Crippen LogP contribution in [0, 0.1) is 11.3 Å². The van der Waals surface area contributed by atoms with Crippen LogP contribution in [0.4, 0.5) is 13.2 Å². The summed E-state index contributed by atoms with van der Waals surface area (Å²) in [5, 5.41) is 8.19. The second-order valence-electron chi connectivity index (χ2n) is 3.71. The predicted octanol–water partition coefficient (Wildman–Crippen LogP) is 3.36. The molecule has 0 aliphatic heterocycles. The highest BCUT2D eigenvalue weighted by Gasteiger charge is 2.31. The first-order valence-corrected chi connectivity index (χ1v) is 5.54. The van der Waals surface area contributed by atoms with Gasteiger partial charge < -0.3 is 4.74 Å². The van der Waals surface area contributed by atoms with Gasteiger partial charge >= 0.3 is 6.18 Å². The number of ether oxygens (including phenoxy) is 1. The van der Waals surface area contributed by atoms with Crippen molar-refractivity contribution in [1.29, 1.82) is 5.26 Å². The number of hydrogen-bond donors (Lipinski definition) is 0. The molecule has 0 bridgehead atoms. The van der Waals surface area contributed by atoms with Crippen LogP contribution in [0.3, 0.4) is 0 Å². The summed E-state index contributed by atoms with van der Waals surface area (Å²) in [7, 11) is 0. The van der Waals surface area contributed by atoms with E-state index in [2.05, 4.69) is 0 Å². The number of carbonyl (C=O) groups is 1. The number of halogens is 4. The molecular weight excluding hydrogens is 283 g/mol. The molecule has 0 aliphatic rings. The van der Waals surface area contributed by atoms with Crippen molar-refractivity contribution < 1.29 is 22.7 Å². The smallest absolute Gasteiger partial charge is 0.369 e. The predicted molar refractivity (Wildman–Crippen MR) is 61.3 cm³/mol. The molecule has 0 aromatic heterocycles. The molecule has 1 rings (SSSR count). The Morgan fingerprint density at radius 1 is 1.37 bits per heavy atom. The Balaban J connectivity index is 2.67. The normalized spacial score (nSPS) is 11.1. The summed E-state index contributed by atoms with van der Waals surface area (Å²) in [5.74, 6) is -0.430. The van der Waals surface area contributed by atoms with Crippen molar-refractivity contribution in [2.45, 2.75) is 19.2 Å². The molecule has 0 heterocycles. The summed E-state index contributed by atoms with van der Waals surface area (Å²) >= 11 is 5.58. The molecule has 0 amide bonds. The fourth-order valence-electron chi connectivity index (χ4n) is 1.32. The molecule has 0 fully saturated rings. The maximum Gasteiger partial charge on any atom is 0.416 e. The average molecular weight is 292 g/mol. The fraction of sp³-hybridized carbons (Fsp3) is 0.333. The Morgan fingerprint density at radius 3 is 2.63 bits per heavy atom. The van der Waals surface area contributed by atoms with E-state index in [0.717, 1.165) is 12.1 Å². The van der Waals surface area contributed by atoms with E-state index in [-0.39, 0.29) is 30.2 Å². The van der Waals surface area contributed by atoms with E-state index in [1.807, 2.05) is 0 Å². The lowest BCUT2D eigenvalue weighted by molar-refractivity contribution is -0.137. The van der Waals surface area contributed by atoms with Crippen LogP contribution in [0.1, 0.15) is 17.5 Å². The van der Waals surface area contributed by atoms with Gasteiger partial charge in [-0.1, -0.05) is 11.6 Å². The highest BCUT2D eigenvalue weighted by atomic mass is 35.5. The zero-order valence-corrected chi connectivity index (χ0v) is 10.4. The molecule has 0 spiro atoms. The molecule has 0 aliphatic carbocycles. The van der Waals surface area contributed by atoms with Crippen LogP contribution in [0.5, 0.6) is 0 Å². The van der Waals surface area contributed by atoms with E-state index >= 15 is 0 Å². The van der Waals surface area contributed by atoms with Gasteiger partial charge in [0.25, 0.3) is 0 Å². The number of carbonyl (C=O) groups excluding carboxylic acids is 1. The van der Waals surface area contributed by atoms with Crippen LogP contribution in [0.2, 0.25) is 5.02 Å². The molecule has 3 nitrogen and oxygen atoms in total. The van der Waals surface area contributed by atoms with E-state index in [1.165, 1.54) is 6.07 Å². The van der Waals surface area contributed by atoms with Crippen LogP contribution in [0.25, 0.3) is 0 Å². The van der Waals surface area contributed by atoms with E-state index in [1.54, 1.807) is 6.07 Å². The average Bonchev–Trinajstić information content (AvgIpc) is 2.27. The van der Waals surface area contributed by atoms with E-state index < -0.39 is 17.5 Å². The molecule has 0 atom stereocenters. The minimum atomic E-state index is -4.49. The maximum atomic E-state index is 12.5. The summed E-state index contributed by atoms with van der Waals surface area (Å²) in [6.07, 6.45) is -4.78. The minimum Gasteiger partial charge on any atom is -0.369 e. The van der Waals surface area contributed by atoms with Crippen LogP contribution in [-0.4, -0.2) is 12.4 Å². The van der Waals surface area contributed by atoms with Crippen molar-refractivity contribution in [2.75, 3.05) is 6.61 Å². The van der Waals surface area contributed by atoms with Gasteiger partial charge in [-0.3, -0.25) is 4.79 Å². The van der Waals surface area contributed by atoms with Gasteiger partial charge in [0, 0.05) is 5.02 Å². The first kappa shape index (κ1) is 15.5. The Morgan fingerprint density at radius 2 is 2.05 bits per heavy atom. The zero-order chi connectivity index (χ0) is 14.5. The Bertz CT molecular complexity index is 509. The van der Waals surface area contributed by atoms with E-state index in [9.17, 15) is 18.0 Å². The molecule has 0 saturated carbocycles. The molecule has 102 valence electrons. The second-order valence-corrected chi connectivity index (χ2v) is 4.15. The first-order chi connectivity index (χ1) is 8.82. The van der Waals surface area contributed by atoms with Crippen molar-refractivity contribution in [3.05, 3.63) is 34.3 Å². The van der Waals surface area contributed by atoms with Crippen molar-refractivity contribution in [1.82, 2.24) is 0 Å². The fourth-order valence-corrected chi connectivity index (χ4v) is 1.58. The largest absolute Gasteiger partial charge is 0.416 e. The molecule has 0 saturated heterocycles. The van der Waals surface area contributed by atoms with Gasteiger partial charge in [-0.05, 0) is 23.8 Å². The van der Waals surface area contributed by atoms with Gasteiger partial charge in [0.05, 0.1) is 24.7 Å². The number of hydrogen-bond acceptors (Lipinski definition) is 3. The first-order valence-electron chi connectivity index (χ1n) is 5.16. The summed E-state index contributed by atoms with van der Waals surface area (Å²) in [6.45, 7) is -0.498. The van der Waals surface area contributed by atoms with Crippen LogP contribution in [0.15, 0.2) is 18.2 Å². The number of rotatable bonds is 5. The molecule has 1 aromatic carbocycles. The molecule has 1 aromatic rings. The lowest BCUT2D eigenvalue weighted by Crippen LogP contribution is -2.09. The maximum absolute atomic E-state index is 12.5. The molecule has 19 heavy (non-hydrogen) atoms. The number of ketones is 1. The lowest BCUT2D eigenvalue weighted by atomic mass is 10.1. The Labute approximate surface area is 112 Å². The Kier molecular flexibility index (Phi) is 5.33. The van der Waals surface area contributed by atoms with Gasteiger partial charge in [0.2, 0.25) is 0 Å². The summed E-state index contributed by atoms with van der Waals surface area (Å²) < 4.78 is 42.5. The third kappa shape index (κ3) is 5.28. The molecule has 7 heteroatoms. The van der Waals surface area contributed by atoms with E-state index in [0.29, 0.717) is 0 Å². The zero-order valence-electron chi connectivity index (χ0n) is 9.63. The standard InChI is InChI=1S/C12H9ClF3NO2/c13-10-4-8(3-9(5-10)12(14,15)16)6-19-7-11(18)1-2-17/h3-5H,1,6-7H2. The molecular formula is C12H9ClF3NO2. The monoisotopic (exact) mass is 291 g/mol. The molecule has 0 unspecified atom stereocenters. The summed E-state index contributed by atoms with van der Waals surface area (Å²) in [5.41, 5.74) is -0.661. The van der Waals surface area contributed by atoms with Crippen molar-refractivity contribution in [2.24, 2.45) is 0 Å². The Hall–Kier alpha value is -1.58. The third-order valence-electron chi connectivity index (χ3n) is 2.09. The number of benzene rings is 1. The second kappa shape index (κ2) is 6.55. The number of Topliss-reactive ketones (excluding diaryl/α,β-unsaturated/α-hetero) is 1. The van der Waals surface area contributed by atoms with Gasteiger partial charge in [-0.15, -0.1) is 0 Å². The molecule has 0 N–H and O–H groups in total. The number of alkyl halides is 3. The molecule has 0 radical (unpaired) electrons. The van der Waals surface area contributed by atoms with Gasteiger partial charge in [0.15, 0.2) is 5.78 Å². The van der Waals surface area contributed by atoms with E-state index in [4.69, 9.17) is 21.6 Å². The van der Waals surface area contributed by atoms with Crippen LogP contribution >= 0.6 is 11.6 Å². The van der Waals surface area contributed by atoms with Crippen molar-refractivity contribution in [3.8, 4) is 6.07 Å². The van der Waals surface area contributed by atoms with Crippen molar-refractivity contribution in [3.63, 3.8) is 0 Å². The number of nitrogens with zero attached hydrogens (tertiary/aromatic N) is 1. The SMILES string of the molecule is N#CCC(=O)COCc1cc(Cl)cc(C(F)(F)F)c1. The summed E-state index contributed by atoms with van der Waals surface area (Å²) in [6, 6.07) is 4.69. The highest BCUT2D eigenvalue weighted by molar-refractivity contribution is 6.30. The van der Waals surface area contributed by atoms with Gasteiger partial charge in [-0.2, -0.15) is 18.4 Å². The third-order valence-corrected chi connectivity index (χ3v) is 2.31. The van der Waals surface area contributed by atoms with Crippen molar-refractivity contribution >= 4 is 17.4 Å². The minimum absolute atomic E-state index is 0.0585. The van der Waals surface area contributed by atoms with Gasteiger partial charge in [-0.25, -0.2) is 0 Å². The topological polar surface area (TPSA) is 50.1 Å². The van der Waals surface area contributed by atoms with Gasteiger partial charge in [0.1, 0.15) is 6.61 Å². The lowest BCUT2D eigenvalue weighted by Gasteiger charge is -2.10.